The van der Waals surface area contributed by atoms with Crippen LogP contribution in [0.4, 0.5) is 0 Å². The van der Waals surface area contributed by atoms with Gasteiger partial charge in [-0.3, -0.25) is 5.10 Å². The van der Waals surface area contributed by atoms with Crippen molar-refractivity contribution in [2.45, 2.75) is 18.4 Å². The molecule has 3 N–H and O–H groups in total. The molecule has 1 aliphatic heterocycles. The van der Waals surface area contributed by atoms with Crippen molar-refractivity contribution < 1.29 is 8.42 Å². The summed E-state index contributed by atoms with van der Waals surface area (Å²) < 4.78 is 27.5. The molecule has 2 heterocycles. The molecule has 1 fully saturated rings. The van der Waals surface area contributed by atoms with E-state index in [2.05, 4.69) is 25.1 Å². The molecule has 0 aromatic carbocycles. The van der Waals surface area contributed by atoms with Crippen LogP contribution in [0.25, 0.3) is 0 Å². The smallest absolute Gasteiger partial charge is 0.244 e. The molecule has 0 atom stereocenters. The average molecular weight is 333 g/mol. The highest BCUT2D eigenvalue weighted by Gasteiger charge is 2.23. The fourth-order valence-corrected chi connectivity index (χ4v) is 4.71. The van der Waals surface area contributed by atoms with Gasteiger partial charge in [-0.25, -0.2) is 13.1 Å². The van der Waals surface area contributed by atoms with Crippen molar-refractivity contribution in [3.8, 4) is 0 Å². The summed E-state index contributed by atoms with van der Waals surface area (Å²) in [5, 5.41) is 9.73. The normalized spacial score (nSPS) is 17.2. The first-order chi connectivity index (χ1) is 10.0. The van der Waals surface area contributed by atoms with Gasteiger partial charge >= 0.3 is 0 Å². The lowest BCUT2D eigenvalue weighted by atomic mass is 10.4. The van der Waals surface area contributed by atoms with E-state index in [1.807, 2.05) is 11.8 Å². The molecular formula is C12H23N5O2S2. The van der Waals surface area contributed by atoms with Crippen LogP contribution in [0.5, 0.6) is 0 Å². The van der Waals surface area contributed by atoms with Crippen LogP contribution in [-0.4, -0.2) is 68.2 Å². The third kappa shape index (κ3) is 4.43. The first-order valence-electron chi connectivity index (χ1n) is 7.03. The second kappa shape index (κ2) is 7.59. The first kappa shape index (κ1) is 16.8. The maximum atomic E-state index is 12.4. The largest absolute Gasteiger partial charge is 0.314 e. The highest BCUT2D eigenvalue weighted by molar-refractivity contribution is 7.99. The van der Waals surface area contributed by atoms with E-state index in [1.165, 1.54) is 0 Å². The summed E-state index contributed by atoms with van der Waals surface area (Å²) in [5.74, 6) is 2.25. The molecule has 120 valence electrons. The van der Waals surface area contributed by atoms with E-state index in [-0.39, 0.29) is 4.90 Å². The van der Waals surface area contributed by atoms with Crippen LogP contribution in [0.2, 0.25) is 0 Å². The van der Waals surface area contributed by atoms with Crippen LogP contribution >= 0.6 is 11.8 Å². The van der Waals surface area contributed by atoms with E-state index in [0.717, 1.165) is 31.1 Å². The number of hydrogen-bond donors (Lipinski definition) is 3. The molecule has 1 saturated heterocycles. The van der Waals surface area contributed by atoms with Crippen LogP contribution in [0.1, 0.15) is 11.4 Å². The Kier molecular flexibility index (Phi) is 6.06. The Hall–Kier alpha value is -0.610. The molecule has 1 aliphatic rings. The summed E-state index contributed by atoms with van der Waals surface area (Å²) in [4.78, 5) is 2.56. The molecule has 1 aromatic heterocycles. The van der Waals surface area contributed by atoms with Gasteiger partial charge in [-0.05, 0) is 14.0 Å². The van der Waals surface area contributed by atoms with Crippen LogP contribution in [0, 0.1) is 6.92 Å². The number of nitrogens with zero attached hydrogens (tertiary/aromatic N) is 2. The fraction of sp³-hybridized carbons (Fsp3) is 0.750. The van der Waals surface area contributed by atoms with E-state index in [9.17, 15) is 8.42 Å². The van der Waals surface area contributed by atoms with Gasteiger partial charge < -0.3 is 10.2 Å². The number of sulfonamides is 1. The zero-order valence-corrected chi connectivity index (χ0v) is 14.1. The fourth-order valence-electron chi connectivity index (χ4n) is 2.35. The van der Waals surface area contributed by atoms with Gasteiger partial charge in [0.05, 0.1) is 11.4 Å². The summed E-state index contributed by atoms with van der Waals surface area (Å²) >= 11 is 1.95. The quantitative estimate of drug-likeness (QED) is 0.638. The zero-order valence-electron chi connectivity index (χ0n) is 12.5. The van der Waals surface area contributed by atoms with Crippen LogP contribution in [0.3, 0.4) is 0 Å². The van der Waals surface area contributed by atoms with Crippen molar-refractivity contribution >= 4 is 21.8 Å². The van der Waals surface area contributed by atoms with Crippen LogP contribution in [-0.2, 0) is 16.6 Å². The minimum atomic E-state index is -3.52. The number of hydrogen-bond acceptors (Lipinski definition) is 6. The van der Waals surface area contributed by atoms with Gasteiger partial charge in [-0.1, -0.05) is 0 Å². The highest BCUT2D eigenvalue weighted by Crippen LogP contribution is 2.17. The van der Waals surface area contributed by atoms with Crippen LogP contribution in [0.15, 0.2) is 4.90 Å². The predicted molar refractivity (Wildman–Crippen MR) is 85.0 cm³/mol. The number of rotatable bonds is 7. The standard InChI is InChI=1S/C12H23N5O2S2/c1-10-12(11(9-13-2)16-15-10)21(18,19)14-3-4-17-5-7-20-8-6-17/h13-14H,3-9H2,1-2H3,(H,15,16). The van der Waals surface area contributed by atoms with Crippen molar-refractivity contribution in [1.29, 1.82) is 0 Å². The number of aromatic nitrogens is 2. The number of H-pyrrole nitrogens is 1. The van der Waals surface area contributed by atoms with Gasteiger partial charge in [0.1, 0.15) is 4.90 Å². The molecule has 2 rings (SSSR count). The SMILES string of the molecule is CNCc1n[nH]c(C)c1S(=O)(=O)NCCN1CCSCC1. The summed E-state index contributed by atoms with van der Waals surface area (Å²) in [5.41, 5.74) is 1.10. The highest BCUT2D eigenvalue weighted by atomic mass is 32.2. The van der Waals surface area contributed by atoms with Crippen molar-refractivity contribution in [2.24, 2.45) is 0 Å². The maximum Gasteiger partial charge on any atom is 0.244 e. The van der Waals surface area contributed by atoms with Crippen molar-refractivity contribution in [1.82, 2.24) is 25.1 Å². The van der Waals surface area contributed by atoms with Crippen molar-refractivity contribution in [3.05, 3.63) is 11.4 Å². The molecule has 7 nitrogen and oxygen atoms in total. The Morgan fingerprint density at radius 2 is 2.10 bits per heavy atom. The lowest BCUT2D eigenvalue weighted by Crippen LogP contribution is -2.39. The Labute approximate surface area is 130 Å². The monoisotopic (exact) mass is 333 g/mol. The maximum absolute atomic E-state index is 12.4. The van der Waals surface area contributed by atoms with Crippen molar-refractivity contribution in [3.63, 3.8) is 0 Å². The topological polar surface area (TPSA) is 90.1 Å². The lowest BCUT2D eigenvalue weighted by molar-refractivity contribution is 0.307. The summed E-state index contributed by atoms with van der Waals surface area (Å²) in [6.07, 6.45) is 0. The molecule has 1 aromatic rings. The third-order valence-electron chi connectivity index (χ3n) is 3.40. The molecule has 0 unspecified atom stereocenters. The van der Waals surface area contributed by atoms with E-state index < -0.39 is 10.0 Å². The minimum absolute atomic E-state index is 0.269. The molecular weight excluding hydrogens is 310 g/mol. The molecule has 0 radical (unpaired) electrons. The number of nitrogens with one attached hydrogen (secondary N) is 3. The van der Waals surface area contributed by atoms with Gasteiger partial charge in [0.15, 0.2) is 0 Å². The molecule has 0 spiro atoms. The number of aromatic amines is 1. The van der Waals surface area contributed by atoms with Gasteiger partial charge in [-0.15, -0.1) is 0 Å². The summed E-state index contributed by atoms with van der Waals surface area (Å²) in [6.45, 7) is 5.38. The molecule has 0 saturated carbocycles. The van der Waals surface area contributed by atoms with E-state index in [1.54, 1.807) is 14.0 Å². The zero-order chi connectivity index (χ0) is 15.3. The molecule has 0 aliphatic carbocycles. The van der Waals surface area contributed by atoms with E-state index >= 15 is 0 Å². The van der Waals surface area contributed by atoms with Gasteiger partial charge in [0, 0.05) is 44.2 Å². The second-order valence-corrected chi connectivity index (χ2v) is 7.94. The van der Waals surface area contributed by atoms with Gasteiger partial charge in [0.25, 0.3) is 0 Å². The lowest BCUT2D eigenvalue weighted by Gasteiger charge is -2.25. The predicted octanol–water partition coefficient (Wildman–Crippen LogP) is -0.235. The van der Waals surface area contributed by atoms with Gasteiger partial charge in [0.2, 0.25) is 10.0 Å². The van der Waals surface area contributed by atoms with Gasteiger partial charge in [-0.2, -0.15) is 16.9 Å². The van der Waals surface area contributed by atoms with Crippen LogP contribution < -0.4 is 10.0 Å². The third-order valence-corrected chi connectivity index (χ3v) is 6.00. The first-order valence-corrected chi connectivity index (χ1v) is 9.66. The Morgan fingerprint density at radius 3 is 2.76 bits per heavy atom. The van der Waals surface area contributed by atoms with Crippen molar-refractivity contribution in [2.75, 3.05) is 44.7 Å². The van der Waals surface area contributed by atoms with E-state index in [4.69, 9.17) is 0 Å². The molecule has 0 amide bonds. The number of aryl methyl sites for hydroxylation is 1. The van der Waals surface area contributed by atoms with E-state index in [0.29, 0.717) is 24.5 Å². The Morgan fingerprint density at radius 1 is 1.38 bits per heavy atom. The minimum Gasteiger partial charge on any atom is -0.314 e. The molecule has 9 heteroatoms. The number of thioether (sulfide) groups is 1. The molecule has 0 bridgehead atoms. The second-order valence-electron chi connectivity index (χ2n) is 5.01. The summed E-state index contributed by atoms with van der Waals surface area (Å²) in [7, 11) is -1.75. The molecule has 21 heavy (non-hydrogen) atoms. The Bertz CT molecular complexity index is 552. The Balaban J connectivity index is 1.96. The average Bonchev–Trinajstić information content (AvgIpc) is 2.82. The summed E-state index contributed by atoms with van der Waals surface area (Å²) in [6, 6.07) is 0.